The predicted octanol–water partition coefficient (Wildman–Crippen LogP) is 3.14. The van der Waals surface area contributed by atoms with Gasteiger partial charge < -0.3 is 10.5 Å². The summed E-state index contributed by atoms with van der Waals surface area (Å²) in [6.07, 6.45) is 6.43. The Morgan fingerprint density at radius 2 is 2.29 bits per heavy atom. The molecular weight excluding hydrogens is 298 g/mol. The van der Waals surface area contributed by atoms with Crippen molar-refractivity contribution in [3.63, 3.8) is 0 Å². The lowest BCUT2D eigenvalue weighted by molar-refractivity contribution is 0.00749. The number of nitrogens with zero attached hydrogens (tertiary/aromatic N) is 2. The first-order valence-electron chi connectivity index (χ1n) is 8.76. The van der Waals surface area contributed by atoms with Gasteiger partial charge in [-0.2, -0.15) is 0 Å². The van der Waals surface area contributed by atoms with Crippen molar-refractivity contribution in [2.24, 2.45) is 17.6 Å². The van der Waals surface area contributed by atoms with Crippen molar-refractivity contribution in [3.05, 3.63) is 48.7 Å². The molecule has 1 aromatic carbocycles. The van der Waals surface area contributed by atoms with E-state index in [0.29, 0.717) is 12.0 Å². The highest BCUT2D eigenvalue weighted by molar-refractivity contribution is 5.84. The minimum absolute atomic E-state index is 0.00354. The molecule has 3 aliphatic rings. The third kappa shape index (κ3) is 2.50. The second-order valence-corrected chi connectivity index (χ2v) is 7.06. The smallest absolute Gasteiger partial charge is 0.119 e. The number of hydrogen-bond donors (Lipinski definition) is 1. The molecule has 3 saturated heterocycles. The van der Waals surface area contributed by atoms with Crippen molar-refractivity contribution in [2.75, 3.05) is 20.2 Å². The molecular formula is C20H25N3O. The highest BCUT2D eigenvalue weighted by Gasteiger charge is 2.41. The lowest BCUT2D eigenvalue weighted by atomic mass is 9.73. The van der Waals surface area contributed by atoms with Crippen LogP contribution < -0.4 is 10.5 Å². The van der Waals surface area contributed by atoms with E-state index in [2.05, 4.69) is 34.7 Å². The topological polar surface area (TPSA) is 51.4 Å². The molecule has 2 N–H and O–H groups in total. The summed E-state index contributed by atoms with van der Waals surface area (Å²) < 4.78 is 5.39. The summed E-state index contributed by atoms with van der Waals surface area (Å²) in [5.74, 6) is 2.20. The van der Waals surface area contributed by atoms with Crippen molar-refractivity contribution in [3.8, 4) is 5.75 Å². The largest absolute Gasteiger partial charge is 0.497 e. The zero-order chi connectivity index (χ0) is 16.7. The Hall–Kier alpha value is -1.91. The number of hydrogen-bond acceptors (Lipinski definition) is 4. The summed E-state index contributed by atoms with van der Waals surface area (Å²) in [5.41, 5.74) is 8.91. The molecule has 0 spiro atoms. The molecule has 1 aromatic heterocycles. The van der Waals surface area contributed by atoms with Crippen molar-refractivity contribution in [1.29, 1.82) is 0 Å². The zero-order valence-electron chi connectivity index (χ0n) is 14.2. The number of fused-ring (bicyclic) bond motifs is 4. The molecule has 3 fully saturated rings. The Kier molecular flexibility index (Phi) is 4.02. The van der Waals surface area contributed by atoms with Gasteiger partial charge in [-0.05, 0) is 61.1 Å². The fraction of sp³-hybridized carbons (Fsp3) is 0.450. The van der Waals surface area contributed by atoms with Gasteiger partial charge in [0.1, 0.15) is 5.75 Å². The molecule has 0 saturated carbocycles. The number of aromatic nitrogens is 1. The number of pyridine rings is 1. The van der Waals surface area contributed by atoms with Gasteiger partial charge in [0.2, 0.25) is 0 Å². The molecule has 5 rings (SSSR count). The number of piperidine rings is 3. The predicted molar refractivity (Wildman–Crippen MR) is 97.0 cm³/mol. The summed E-state index contributed by atoms with van der Waals surface area (Å²) in [7, 11) is 1.69. The molecule has 4 heterocycles. The molecule has 4 nitrogen and oxygen atoms in total. The molecule has 4 heteroatoms. The Morgan fingerprint density at radius 1 is 1.42 bits per heavy atom. The first-order valence-corrected chi connectivity index (χ1v) is 8.76. The van der Waals surface area contributed by atoms with Crippen molar-refractivity contribution < 1.29 is 4.74 Å². The maximum Gasteiger partial charge on any atom is 0.119 e. The van der Waals surface area contributed by atoms with Crippen LogP contribution in [0.4, 0.5) is 0 Å². The Morgan fingerprint density at radius 3 is 3.00 bits per heavy atom. The van der Waals surface area contributed by atoms with Crippen LogP contribution in [0.25, 0.3) is 10.9 Å². The first kappa shape index (κ1) is 15.6. The van der Waals surface area contributed by atoms with Crippen molar-refractivity contribution >= 4 is 10.9 Å². The Bertz CT molecular complexity index is 760. The molecule has 126 valence electrons. The molecule has 0 amide bonds. The monoisotopic (exact) mass is 323 g/mol. The van der Waals surface area contributed by atoms with Gasteiger partial charge in [0, 0.05) is 30.2 Å². The lowest BCUT2D eigenvalue weighted by Crippen LogP contribution is -2.56. The number of benzene rings is 1. The Labute approximate surface area is 143 Å². The number of ether oxygens (including phenoxy) is 1. The van der Waals surface area contributed by atoms with Crippen LogP contribution in [0.5, 0.6) is 5.75 Å². The van der Waals surface area contributed by atoms with E-state index < -0.39 is 0 Å². The summed E-state index contributed by atoms with van der Waals surface area (Å²) in [6.45, 7) is 6.26. The fourth-order valence-electron chi connectivity index (χ4n) is 4.52. The molecule has 1 unspecified atom stereocenters. The van der Waals surface area contributed by atoms with Crippen molar-refractivity contribution in [1.82, 2.24) is 9.88 Å². The van der Waals surface area contributed by atoms with E-state index >= 15 is 0 Å². The van der Waals surface area contributed by atoms with E-state index in [0.717, 1.165) is 42.1 Å². The number of nitrogens with two attached hydrogens (primary N) is 1. The molecule has 2 bridgehead atoms. The summed E-state index contributed by atoms with van der Waals surface area (Å²) in [4.78, 5) is 7.04. The maximum absolute atomic E-state index is 6.76. The van der Waals surface area contributed by atoms with Crippen LogP contribution in [0.3, 0.4) is 0 Å². The van der Waals surface area contributed by atoms with Crippen LogP contribution in [0.2, 0.25) is 0 Å². The third-order valence-electron chi connectivity index (χ3n) is 5.91. The van der Waals surface area contributed by atoms with Gasteiger partial charge in [-0.3, -0.25) is 9.88 Å². The maximum atomic E-state index is 6.76. The molecule has 0 radical (unpaired) electrons. The van der Waals surface area contributed by atoms with Crippen LogP contribution in [0.15, 0.2) is 43.1 Å². The molecule has 3 aliphatic heterocycles. The van der Waals surface area contributed by atoms with Crippen LogP contribution in [-0.2, 0) is 0 Å². The van der Waals surface area contributed by atoms with E-state index in [1.807, 2.05) is 18.3 Å². The van der Waals surface area contributed by atoms with E-state index in [1.54, 1.807) is 7.11 Å². The van der Waals surface area contributed by atoms with Gasteiger partial charge in [-0.25, -0.2) is 0 Å². The number of rotatable bonds is 4. The first-order chi connectivity index (χ1) is 11.7. The van der Waals surface area contributed by atoms with Gasteiger partial charge in [-0.1, -0.05) is 6.08 Å². The summed E-state index contributed by atoms with van der Waals surface area (Å²) in [5, 5.41) is 1.10. The molecule has 0 aliphatic carbocycles. The molecule has 2 aromatic rings. The minimum Gasteiger partial charge on any atom is -0.497 e. The van der Waals surface area contributed by atoms with E-state index in [1.165, 1.54) is 12.0 Å². The third-order valence-corrected chi connectivity index (χ3v) is 5.91. The molecule has 5 atom stereocenters. The normalized spacial score (nSPS) is 30.2. The second-order valence-electron chi connectivity index (χ2n) is 7.06. The van der Waals surface area contributed by atoms with Gasteiger partial charge in [0.05, 0.1) is 12.6 Å². The van der Waals surface area contributed by atoms with E-state index in [9.17, 15) is 0 Å². The summed E-state index contributed by atoms with van der Waals surface area (Å²) in [6, 6.07) is 8.48. The zero-order valence-corrected chi connectivity index (χ0v) is 14.2. The van der Waals surface area contributed by atoms with Crippen LogP contribution in [-0.4, -0.2) is 36.1 Å². The fourth-order valence-corrected chi connectivity index (χ4v) is 4.52. The van der Waals surface area contributed by atoms with E-state index in [-0.39, 0.29) is 6.04 Å². The standard InChI is InChI=1S/C20H25N3O/c1-3-13-12-23-9-7-14(13)10-19(23)20(21)16-6-8-22-18-5-4-15(24-2)11-17(16)18/h3-6,8,11,13-14,19-20H,1,7,9-10,12,21H2,2H3/t13-,14-,19-,20-/m0/s1. The minimum atomic E-state index is -0.00354. The Balaban J connectivity index is 1.69. The van der Waals surface area contributed by atoms with Crippen molar-refractivity contribution in [2.45, 2.75) is 24.9 Å². The van der Waals surface area contributed by atoms with Crippen LogP contribution in [0, 0.1) is 11.8 Å². The highest BCUT2D eigenvalue weighted by Crippen LogP contribution is 2.41. The van der Waals surface area contributed by atoms with Crippen LogP contribution >= 0.6 is 0 Å². The highest BCUT2D eigenvalue weighted by atomic mass is 16.5. The van der Waals surface area contributed by atoms with Gasteiger partial charge in [-0.15, -0.1) is 6.58 Å². The average Bonchev–Trinajstić information content (AvgIpc) is 2.66. The summed E-state index contributed by atoms with van der Waals surface area (Å²) >= 11 is 0. The van der Waals surface area contributed by atoms with Gasteiger partial charge in [0.25, 0.3) is 0 Å². The lowest BCUT2D eigenvalue weighted by Gasteiger charge is -2.51. The van der Waals surface area contributed by atoms with Gasteiger partial charge >= 0.3 is 0 Å². The second kappa shape index (κ2) is 6.19. The van der Waals surface area contributed by atoms with Gasteiger partial charge in [0.15, 0.2) is 0 Å². The quantitative estimate of drug-likeness (QED) is 0.878. The number of methoxy groups -OCH3 is 1. The average molecular weight is 323 g/mol. The SMILES string of the molecule is C=C[C@H]1CN2CC[C@H]1C[C@H]2[C@@H](N)c1ccnc2ccc(OC)cc12. The molecule has 24 heavy (non-hydrogen) atoms. The van der Waals surface area contributed by atoms with E-state index in [4.69, 9.17) is 10.5 Å². The van der Waals surface area contributed by atoms with Crippen LogP contribution in [0.1, 0.15) is 24.4 Å².